The van der Waals surface area contributed by atoms with Crippen molar-refractivity contribution in [2.24, 2.45) is 5.92 Å². The fourth-order valence-corrected chi connectivity index (χ4v) is 2.32. The van der Waals surface area contributed by atoms with Gasteiger partial charge in [-0.05, 0) is 12.5 Å². The zero-order chi connectivity index (χ0) is 14.7. The maximum absolute atomic E-state index is 12.1. The predicted molar refractivity (Wildman–Crippen MR) is 71.5 cm³/mol. The van der Waals surface area contributed by atoms with Gasteiger partial charge in [-0.25, -0.2) is 5.06 Å². The molecule has 0 aromatic heterocycles. The van der Waals surface area contributed by atoms with Gasteiger partial charge in [0.1, 0.15) is 12.5 Å². The zero-order valence-corrected chi connectivity index (χ0v) is 11.1. The van der Waals surface area contributed by atoms with Gasteiger partial charge < -0.3 is 5.11 Å². The summed E-state index contributed by atoms with van der Waals surface area (Å²) in [7, 11) is 0. The summed E-state index contributed by atoms with van der Waals surface area (Å²) in [5, 5.41) is 10.3. The van der Waals surface area contributed by atoms with Gasteiger partial charge in [-0.1, -0.05) is 35.7 Å². The van der Waals surface area contributed by atoms with Crippen molar-refractivity contribution in [1.82, 2.24) is 5.06 Å². The number of hydroxylamine groups is 2. The lowest BCUT2D eigenvalue weighted by Gasteiger charge is -2.14. The van der Waals surface area contributed by atoms with Crippen LogP contribution in [0.15, 0.2) is 24.3 Å². The number of aryl methyl sites for hydroxylation is 1. The van der Waals surface area contributed by atoms with Gasteiger partial charge in [-0.3, -0.25) is 14.4 Å². The quantitative estimate of drug-likeness (QED) is 0.661. The number of amides is 1. The Labute approximate surface area is 117 Å². The van der Waals surface area contributed by atoms with E-state index in [9.17, 15) is 14.7 Å². The zero-order valence-electron chi connectivity index (χ0n) is 11.1. The van der Waals surface area contributed by atoms with Crippen LogP contribution >= 0.6 is 0 Å². The summed E-state index contributed by atoms with van der Waals surface area (Å²) in [6, 6.07) is 7.47. The predicted octanol–water partition coefficient (Wildman–Crippen LogP) is 1.19. The number of carboxylic acids is 1. The highest BCUT2D eigenvalue weighted by Crippen LogP contribution is 2.34. The van der Waals surface area contributed by atoms with Crippen molar-refractivity contribution in [2.45, 2.75) is 12.8 Å². The van der Waals surface area contributed by atoms with E-state index in [2.05, 4.69) is 5.92 Å². The average molecular weight is 273 g/mol. The Hall–Kier alpha value is -2.32. The van der Waals surface area contributed by atoms with Crippen LogP contribution in [0.2, 0.25) is 0 Å². The summed E-state index contributed by atoms with van der Waals surface area (Å²) >= 11 is 0. The monoisotopic (exact) mass is 273 g/mol. The van der Waals surface area contributed by atoms with Gasteiger partial charge in [0.05, 0.1) is 6.54 Å². The van der Waals surface area contributed by atoms with Gasteiger partial charge in [-0.2, -0.15) is 0 Å². The Morgan fingerprint density at radius 1 is 1.50 bits per heavy atom. The molecule has 0 bridgehead atoms. The van der Waals surface area contributed by atoms with Crippen LogP contribution in [0.3, 0.4) is 0 Å². The molecule has 1 amide bonds. The summed E-state index contributed by atoms with van der Waals surface area (Å²) in [5.41, 5.74) is 1.88. The number of carbonyl (C=O) groups is 2. The molecule has 2 rings (SSSR count). The fraction of sp³-hybridized carbons (Fsp3) is 0.333. The van der Waals surface area contributed by atoms with E-state index < -0.39 is 23.7 Å². The Bertz CT molecular complexity index is 558. The highest BCUT2D eigenvalue weighted by molar-refractivity contribution is 5.99. The van der Waals surface area contributed by atoms with Crippen LogP contribution in [0.4, 0.5) is 0 Å². The van der Waals surface area contributed by atoms with Gasteiger partial charge in [-0.15, -0.1) is 6.42 Å². The van der Waals surface area contributed by atoms with E-state index >= 15 is 0 Å². The van der Waals surface area contributed by atoms with Crippen molar-refractivity contribution in [1.29, 1.82) is 0 Å². The highest BCUT2D eigenvalue weighted by atomic mass is 16.7. The molecule has 1 N–H and O–H groups in total. The lowest BCUT2D eigenvalue weighted by atomic mass is 9.88. The molecular formula is C15H15NO4. The van der Waals surface area contributed by atoms with E-state index in [4.69, 9.17) is 11.3 Å². The van der Waals surface area contributed by atoms with Gasteiger partial charge in [0.25, 0.3) is 5.91 Å². The van der Waals surface area contributed by atoms with E-state index in [1.54, 1.807) is 0 Å². The van der Waals surface area contributed by atoms with Gasteiger partial charge in [0.15, 0.2) is 0 Å². The van der Waals surface area contributed by atoms with Crippen molar-refractivity contribution in [3.63, 3.8) is 0 Å². The highest BCUT2D eigenvalue weighted by Gasteiger charge is 2.46. The van der Waals surface area contributed by atoms with Crippen molar-refractivity contribution >= 4 is 11.9 Å². The molecule has 2 unspecified atom stereocenters. The van der Waals surface area contributed by atoms with Crippen molar-refractivity contribution in [3.8, 4) is 12.3 Å². The van der Waals surface area contributed by atoms with E-state index in [0.29, 0.717) is 0 Å². The molecule has 0 saturated carbocycles. The van der Waals surface area contributed by atoms with Crippen molar-refractivity contribution in [2.75, 3.05) is 13.2 Å². The molecule has 1 aliphatic rings. The lowest BCUT2D eigenvalue weighted by molar-refractivity contribution is -0.176. The number of aliphatic carboxylic acids is 1. The van der Waals surface area contributed by atoms with Crippen LogP contribution in [-0.2, 0) is 14.4 Å². The molecule has 1 aromatic rings. The minimum Gasteiger partial charge on any atom is -0.481 e. The number of terminal acetylenes is 1. The molecule has 1 fully saturated rings. The summed E-state index contributed by atoms with van der Waals surface area (Å²) in [6.07, 6.45) is 5.08. The second-order valence-electron chi connectivity index (χ2n) is 4.71. The second kappa shape index (κ2) is 5.76. The third kappa shape index (κ3) is 2.65. The largest absolute Gasteiger partial charge is 0.481 e. The minimum atomic E-state index is -1.15. The van der Waals surface area contributed by atoms with E-state index in [-0.39, 0.29) is 13.2 Å². The standard InChI is InChI=1S/C15H15NO4/c1-3-8-20-16-9-12(13(14(16)17)15(18)19)11-6-4-10(2)5-7-11/h1,4-7,12-13H,8-9H2,2H3,(H,18,19). The molecule has 1 saturated heterocycles. The SMILES string of the molecule is C#CCON1CC(c2ccc(C)cc2)C(C(=O)O)C1=O. The smallest absolute Gasteiger partial charge is 0.316 e. The van der Waals surface area contributed by atoms with Crippen molar-refractivity contribution < 1.29 is 19.5 Å². The fourth-order valence-electron chi connectivity index (χ4n) is 2.32. The number of hydrogen-bond acceptors (Lipinski definition) is 3. The molecule has 104 valence electrons. The molecule has 20 heavy (non-hydrogen) atoms. The molecule has 5 heteroatoms. The van der Waals surface area contributed by atoms with Gasteiger partial charge >= 0.3 is 5.97 Å². The number of carboxylic acid groups (broad SMARTS) is 1. The Morgan fingerprint density at radius 3 is 2.70 bits per heavy atom. The molecule has 0 radical (unpaired) electrons. The van der Waals surface area contributed by atoms with Gasteiger partial charge in [0, 0.05) is 5.92 Å². The van der Waals surface area contributed by atoms with Crippen LogP contribution < -0.4 is 0 Å². The topological polar surface area (TPSA) is 66.8 Å². The van der Waals surface area contributed by atoms with Crippen LogP contribution in [-0.4, -0.2) is 35.2 Å². The summed E-state index contributed by atoms with van der Waals surface area (Å²) in [6.45, 7) is 2.08. The first-order chi connectivity index (χ1) is 9.54. The van der Waals surface area contributed by atoms with Crippen molar-refractivity contribution in [3.05, 3.63) is 35.4 Å². The molecule has 0 aliphatic carbocycles. The Morgan fingerprint density at radius 2 is 2.15 bits per heavy atom. The Kier molecular flexibility index (Phi) is 4.06. The maximum atomic E-state index is 12.1. The first-order valence-electron chi connectivity index (χ1n) is 6.21. The van der Waals surface area contributed by atoms with Gasteiger partial charge in [0.2, 0.25) is 0 Å². The number of rotatable bonds is 4. The normalized spacial score (nSPS) is 21.8. The van der Waals surface area contributed by atoms with E-state index in [1.807, 2.05) is 31.2 Å². The second-order valence-corrected chi connectivity index (χ2v) is 4.71. The Balaban J connectivity index is 2.26. The summed E-state index contributed by atoms with van der Waals surface area (Å²) < 4.78 is 0. The van der Waals surface area contributed by atoms with Crippen LogP contribution in [0, 0.1) is 25.2 Å². The minimum absolute atomic E-state index is 0.0568. The van der Waals surface area contributed by atoms with E-state index in [0.717, 1.165) is 16.2 Å². The molecular weight excluding hydrogens is 258 g/mol. The molecule has 1 aromatic carbocycles. The third-order valence-corrected chi connectivity index (χ3v) is 3.35. The number of hydrogen-bond donors (Lipinski definition) is 1. The van der Waals surface area contributed by atoms with Crippen LogP contribution in [0.5, 0.6) is 0 Å². The summed E-state index contributed by atoms with van der Waals surface area (Å²) in [4.78, 5) is 28.5. The molecule has 1 heterocycles. The van der Waals surface area contributed by atoms with Crippen LogP contribution in [0.1, 0.15) is 17.0 Å². The maximum Gasteiger partial charge on any atom is 0.316 e. The van der Waals surface area contributed by atoms with Crippen LogP contribution in [0.25, 0.3) is 0 Å². The average Bonchev–Trinajstić information content (AvgIpc) is 2.74. The third-order valence-electron chi connectivity index (χ3n) is 3.35. The number of benzene rings is 1. The summed E-state index contributed by atoms with van der Waals surface area (Å²) in [5.74, 6) is -1.01. The first kappa shape index (κ1) is 14.1. The first-order valence-corrected chi connectivity index (χ1v) is 6.21. The molecule has 1 aliphatic heterocycles. The van der Waals surface area contributed by atoms with E-state index in [1.165, 1.54) is 0 Å². The number of nitrogens with zero attached hydrogens (tertiary/aromatic N) is 1. The molecule has 0 spiro atoms. The molecule has 2 atom stereocenters. The number of carbonyl (C=O) groups excluding carboxylic acids is 1. The molecule has 5 nitrogen and oxygen atoms in total. The lowest BCUT2D eigenvalue weighted by Crippen LogP contribution is -2.30.